The van der Waals surface area contributed by atoms with E-state index in [2.05, 4.69) is 15.9 Å². The Morgan fingerprint density at radius 3 is 2.58 bits per heavy atom. The van der Waals surface area contributed by atoms with Gasteiger partial charge in [-0.1, -0.05) is 6.07 Å². The van der Waals surface area contributed by atoms with Gasteiger partial charge in [0.15, 0.2) is 0 Å². The van der Waals surface area contributed by atoms with Gasteiger partial charge in [-0.05, 0) is 65.9 Å². The van der Waals surface area contributed by atoms with Gasteiger partial charge in [0.25, 0.3) is 0 Å². The van der Waals surface area contributed by atoms with Crippen molar-refractivity contribution in [3.63, 3.8) is 0 Å². The molecule has 0 radical (unpaired) electrons. The van der Waals surface area contributed by atoms with Crippen LogP contribution in [0.1, 0.15) is 18.9 Å². The minimum Gasteiger partial charge on any atom is -0.207 e. The minimum absolute atomic E-state index is 0.00865. The van der Waals surface area contributed by atoms with Crippen LogP contribution in [0.25, 0.3) is 0 Å². The van der Waals surface area contributed by atoms with Gasteiger partial charge in [-0.2, -0.15) is 16.1 Å². The first-order chi connectivity index (χ1) is 8.80. The molecule has 1 atom stereocenters. The molecular weight excluding hydrogens is 346 g/mol. The molecule has 1 unspecified atom stereocenters. The van der Waals surface area contributed by atoms with Gasteiger partial charge in [0.2, 0.25) is 10.0 Å². The standard InChI is InChI=1S/C13H20BrNO2S2/c1-10-5-6-13(12(14)9-10)19(16,17)15(3)11(2)7-8-18-4/h5-6,9,11H,7-8H2,1-4H3. The summed E-state index contributed by atoms with van der Waals surface area (Å²) in [5.74, 6) is 0.954. The van der Waals surface area contributed by atoms with Gasteiger partial charge in [-0.25, -0.2) is 8.42 Å². The SMILES string of the molecule is CSCCC(C)N(C)S(=O)(=O)c1ccc(C)cc1Br. The zero-order chi connectivity index (χ0) is 14.6. The predicted octanol–water partition coefficient (Wildman–Crippen LogP) is 3.52. The largest absolute Gasteiger partial charge is 0.244 e. The highest BCUT2D eigenvalue weighted by atomic mass is 79.9. The molecule has 1 aromatic carbocycles. The highest BCUT2D eigenvalue weighted by molar-refractivity contribution is 9.10. The molecule has 0 heterocycles. The number of rotatable bonds is 6. The third-order valence-electron chi connectivity index (χ3n) is 3.10. The molecule has 0 aliphatic carbocycles. The van der Waals surface area contributed by atoms with Crippen LogP contribution in [-0.4, -0.2) is 37.8 Å². The Balaban J connectivity index is 3.02. The first-order valence-corrected chi connectivity index (χ1v) is 9.66. The van der Waals surface area contributed by atoms with E-state index in [0.717, 1.165) is 17.7 Å². The zero-order valence-electron chi connectivity index (χ0n) is 11.7. The van der Waals surface area contributed by atoms with Gasteiger partial charge < -0.3 is 0 Å². The van der Waals surface area contributed by atoms with Crippen LogP contribution >= 0.6 is 27.7 Å². The van der Waals surface area contributed by atoms with Crippen LogP contribution in [0.3, 0.4) is 0 Å². The summed E-state index contributed by atoms with van der Waals surface area (Å²) in [5.41, 5.74) is 1.03. The Kier molecular flexibility index (Phi) is 6.36. The van der Waals surface area contributed by atoms with Crippen molar-refractivity contribution in [3.8, 4) is 0 Å². The average Bonchev–Trinajstić information content (AvgIpc) is 2.34. The minimum atomic E-state index is -3.44. The van der Waals surface area contributed by atoms with Crippen LogP contribution in [-0.2, 0) is 10.0 Å². The summed E-state index contributed by atoms with van der Waals surface area (Å²) < 4.78 is 27.2. The fourth-order valence-corrected chi connectivity index (χ4v) is 4.80. The third-order valence-corrected chi connectivity index (χ3v) is 6.70. The molecule has 0 aliphatic heterocycles. The normalized spacial score (nSPS) is 13.8. The lowest BCUT2D eigenvalue weighted by molar-refractivity contribution is 0.382. The number of hydrogen-bond donors (Lipinski definition) is 0. The van der Waals surface area contributed by atoms with Crippen LogP contribution < -0.4 is 0 Å². The number of hydrogen-bond acceptors (Lipinski definition) is 3. The Hall–Kier alpha value is -0.0400. The Labute approximate surface area is 128 Å². The summed E-state index contributed by atoms with van der Waals surface area (Å²) >= 11 is 5.07. The van der Waals surface area contributed by atoms with E-state index in [1.54, 1.807) is 24.9 Å². The second-order valence-corrected chi connectivity index (χ2v) is 8.39. The Morgan fingerprint density at radius 1 is 1.42 bits per heavy atom. The second-order valence-electron chi connectivity index (χ2n) is 4.59. The van der Waals surface area contributed by atoms with Gasteiger partial charge in [-0.3, -0.25) is 0 Å². The van der Waals surface area contributed by atoms with Gasteiger partial charge in [0.1, 0.15) is 0 Å². The van der Waals surface area contributed by atoms with E-state index < -0.39 is 10.0 Å². The molecule has 0 saturated carbocycles. The lowest BCUT2D eigenvalue weighted by atomic mass is 10.2. The molecule has 1 rings (SSSR count). The van der Waals surface area contributed by atoms with E-state index in [-0.39, 0.29) is 6.04 Å². The molecular formula is C13H20BrNO2S2. The Morgan fingerprint density at radius 2 is 2.05 bits per heavy atom. The molecule has 108 valence electrons. The number of thioether (sulfide) groups is 1. The maximum Gasteiger partial charge on any atom is 0.244 e. The summed E-state index contributed by atoms with van der Waals surface area (Å²) in [6.07, 6.45) is 2.87. The molecule has 0 aliphatic rings. The molecule has 0 amide bonds. The molecule has 19 heavy (non-hydrogen) atoms. The molecule has 0 aromatic heterocycles. The van der Waals surface area contributed by atoms with Crippen molar-refractivity contribution in [2.75, 3.05) is 19.1 Å². The second kappa shape index (κ2) is 7.11. The number of sulfonamides is 1. The molecule has 0 N–H and O–H groups in total. The summed E-state index contributed by atoms with van der Waals surface area (Å²) in [6, 6.07) is 5.29. The van der Waals surface area contributed by atoms with Crippen molar-refractivity contribution in [1.29, 1.82) is 0 Å². The number of aryl methyl sites for hydroxylation is 1. The van der Waals surface area contributed by atoms with Crippen molar-refractivity contribution in [1.82, 2.24) is 4.31 Å². The first-order valence-electron chi connectivity index (χ1n) is 6.03. The van der Waals surface area contributed by atoms with E-state index in [9.17, 15) is 8.42 Å². The van der Waals surface area contributed by atoms with Crippen molar-refractivity contribution in [2.24, 2.45) is 0 Å². The van der Waals surface area contributed by atoms with Crippen LogP contribution in [0.2, 0.25) is 0 Å². The summed E-state index contributed by atoms with van der Waals surface area (Å²) in [7, 11) is -1.79. The van der Waals surface area contributed by atoms with Crippen molar-refractivity contribution in [2.45, 2.75) is 31.2 Å². The molecule has 0 fully saturated rings. The monoisotopic (exact) mass is 365 g/mol. The van der Waals surface area contributed by atoms with Crippen molar-refractivity contribution in [3.05, 3.63) is 28.2 Å². The van der Waals surface area contributed by atoms with Crippen LogP contribution in [0.4, 0.5) is 0 Å². The highest BCUT2D eigenvalue weighted by Crippen LogP contribution is 2.27. The average molecular weight is 366 g/mol. The van der Waals surface area contributed by atoms with Crippen LogP contribution in [0, 0.1) is 6.92 Å². The van der Waals surface area contributed by atoms with Gasteiger partial charge in [0.05, 0.1) is 4.90 Å². The lowest BCUT2D eigenvalue weighted by Crippen LogP contribution is -2.35. The van der Waals surface area contributed by atoms with E-state index in [0.29, 0.717) is 9.37 Å². The fourth-order valence-electron chi connectivity index (χ4n) is 1.68. The van der Waals surface area contributed by atoms with Gasteiger partial charge in [0, 0.05) is 17.6 Å². The third kappa shape index (κ3) is 4.21. The van der Waals surface area contributed by atoms with Gasteiger partial charge >= 0.3 is 0 Å². The first kappa shape index (κ1) is 17.0. The highest BCUT2D eigenvalue weighted by Gasteiger charge is 2.26. The van der Waals surface area contributed by atoms with Crippen molar-refractivity contribution < 1.29 is 8.42 Å². The quantitative estimate of drug-likeness (QED) is 0.773. The molecule has 0 spiro atoms. The topological polar surface area (TPSA) is 37.4 Å². The summed E-state index contributed by atoms with van der Waals surface area (Å²) in [5, 5.41) is 0. The van der Waals surface area contributed by atoms with E-state index in [4.69, 9.17) is 0 Å². The molecule has 0 bridgehead atoms. The van der Waals surface area contributed by atoms with Crippen molar-refractivity contribution >= 4 is 37.7 Å². The van der Waals surface area contributed by atoms with E-state index in [1.165, 1.54) is 4.31 Å². The maximum atomic E-state index is 12.6. The van der Waals surface area contributed by atoms with Gasteiger partial charge in [-0.15, -0.1) is 0 Å². The number of benzene rings is 1. The predicted molar refractivity (Wildman–Crippen MR) is 86.3 cm³/mol. The smallest absolute Gasteiger partial charge is 0.207 e. The summed E-state index contributed by atoms with van der Waals surface area (Å²) in [4.78, 5) is 0.330. The summed E-state index contributed by atoms with van der Waals surface area (Å²) in [6.45, 7) is 3.88. The molecule has 6 heteroatoms. The number of halogens is 1. The van der Waals surface area contributed by atoms with E-state index in [1.807, 2.05) is 32.2 Å². The maximum absolute atomic E-state index is 12.6. The van der Waals surface area contributed by atoms with Crippen LogP contribution in [0.5, 0.6) is 0 Å². The molecule has 1 aromatic rings. The zero-order valence-corrected chi connectivity index (χ0v) is 14.9. The molecule has 0 saturated heterocycles. The van der Waals surface area contributed by atoms with E-state index >= 15 is 0 Å². The fraction of sp³-hybridized carbons (Fsp3) is 0.538. The molecule has 3 nitrogen and oxygen atoms in total. The number of nitrogens with zero attached hydrogens (tertiary/aromatic N) is 1. The lowest BCUT2D eigenvalue weighted by Gasteiger charge is -2.24. The Bertz CT molecular complexity index is 531. The van der Waals surface area contributed by atoms with Crippen LogP contribution in [0.15, 0.2) is 27.6 Å².